The van der Waals surface area contributed by atoms with Gasteiger partial charge in [0.15, 0.2) is 0 Å². The molecule has 1 saturated carbocycles. The molecule has 0 radical (unpaired) electrons. The summed E-state index contributed by atoms with van der Waals surface area (Å²) in [5, 5.41) is 3.66. The average Bonchev–Trinajstić information content (AvgIpc) is 3.25. The molecule has 20 heavy (non-hydrogen) atoms. The van der Waals surface area contributed by atoms with Crippen molar-refractivity contribution in [3.8, 4) is 0 Å². The molecular formula is C17H24FNO. The molecule has 3 rings (SSSR count). The predicted molar refractivity (Wildman–Crippen MR) is 78.4 cm³/mol. The van der Waals surface area contributed by atoms with Crippen LogP contribution >= 0.6 is 0 Å². The minimum absolute atomic E-state index is 0.142. The fraction of sp³-hybridized carbons (Fsp3) is 0.647. The number of hydrogen-bond acceptors (Lipinski definition) is 2. The van der Waals surface area contributed by atoms with Gasteiger partial charge in [-0.1, -0.05) is 6.07 Å². The Morgan fingerprint density at radius 1 is 1.40 bits per heavy atom. The highest BCUT2D eigenvalue weighted by molar-refractivity contribution is 5.28. The lowest BCUT2D eigenvalue weighted by Gasteiger charge is -2.38. The maximum absolute atomic E-state index is 13.2. The molecule has 110 valence electrons. The fourth-order valence-electron chi connectivity index (χ4n) is 3.16. The molecule has 0 bridgehead atoms. The molecule has 0 spiro atoms. The SMILES string of the molecule is Cc1cc(F)ccc1CC1(CNC2CC2)CCCOC1. The number of nitrogens with one attached hydrogen (secondary N) is 1. The molecule has 0 amide bonds. The van der Waals surface area contributed by atoms with Crippen LogP contribution in [-0.4, -0.2) is 25.8 Å². The Balaban J connectivity index is 1.73. The predicted octanol–water partition coefficient (Wildman–Crippen LogP) is 3.23. The van der Waals surface area contributed by atoms with Gasteiger partial charge in [0.2, 0.25) is 0 Å². The van der Waals surface area contributed by atoms with E-state index in [1.807, 2.05) is 13.0 Å². The van der Waals surface area contributed by atoms with E-state index in [4.69, 9.17) is 4.74 Å². The van der Waals surface area contributed by atoms with Gasteiger partial charge < -0.3 is 10.1 Å². The molecular weight excluding hydrogens is 253 g/mol. The van der Waals surface area contributed by atoms with Crippen LogP contribution in [0.25, 0.3) is 0 Å². The van der Waals surface area contributed by atoms with Gasteiger partial charge in [0.05, 0.1) is 6.61 Å². The highest BCUT2D eigenvalue weighted by Gasteiger charge is 2.35. The summed E-state index contributed by atoms with van der Waals surface area (Å²) in [7, 11) is 0. The lowest BCUT2D eigenvalue weighted by atomic mass is 9.76. The van der Waals surface area contributed by atoms with Crippen molar-refractivity contribution < 1.29 is 9.13 Å². The van der Waals surface area contributed by atoms with E-state index in [1.165, 1.54) is 24.8 Å². The Bertz CT molecular complexity index is 464. The molecule has 1 heterocycles. The van der Waals surface area contributed by atoms with Crippen molar-refractivity contribution in [1.29, 1.82) is 0 Å². The zero-order valence-corrected chi connectivity index (χ0v) is 12.3. The second-order valence-electron chi connectivity index (χ2n) is 6.56. The van der Waals surface area contributed by atoms with Crippen LogP contribution in [0, 0.1) is 18.2 Å². The van der Waals surface area contributed by atoms with Gasteiger partial charge in [-0.25, -0.2) is 4.39 Å². The molecule has 2 nitrogen and oxygen atoms in total. The maximum atomic E-state index is 13.2. The normalized spacial score (nSPS) is 26.7. The summed E-state index contributed by atoms with van der Waals surface area (Å²) >= 11 is 0. The highest BCUT2D eigenvalue weighted by Crippen LogP contribution is 2.34. The van der Waals surface area contributed by atoms with Crippen molar-refractivity contribution in [2.75, 3.05) is 19.8 Å². The summed E-state index contributed by atoms with van der Waals surface area (Å²) in [6.07, 6.45) is 5.94. The molecule has 1 aliphatic heterocycles. The molecule has 3 heteroatoms. The van der Waals surface area contributed by atoms with Gasteiger partial charge in [-0.3, -0.25) is 0 Å². The zero-order valence-electron chi connectivity index (χ0n) is 12.3. The van der Waals surface area contributed by atoms with Crippen LogP contribution in [0.15, 0.2) is 18.2 Å². The Morgan fingerprint density at radius 3 is 2.90 bits per heavy atom. The van der Waals surface area contributed by atoms with Crippen LogP contribution in [0.5, 0.6) is 0 Å². The minimum Gasteiger partial charge on any atom is -0.381 e. The zero-order chi connectivity index (χ0) is 14.0. The lowest BCUT2D eigenvalue weighted by Crippen LogP contribution is -2.43. The molecule has 1 atom stereocenters. The molecule has 1 N–H and O–H groups in total. The van der Waals surface area contributed by atoms with Gasteiger partial charge in [-0.15, -0.1) is 0 Å². The third-order valence-electron chi connectivity index (χ3n) is 4.62. The number of halogens is 1. The van der Waals surface area contributed by atoms with Gasteiger partial charge in [-0.05, 0) is 62.3 Å². The second kappa shape index (κ2) is 5.82. The average molecular weight is 277 g/mol. The molecule has 1 aromatic rings. The van der Waals surface area contributed by atoms with E-state index in [1.54, 1.807) is 12.1 Å². The summed E-state index contributed by atoms with van der Waals surface area (Å²) in [5.74, 6) is -0.142. The molecule has 1 unspecified atom stereocenters. The maximum Gasteiger partial charge on any atom is 0.123 e. The number of hydrogen-bond donors (Lipinski definition) is 1. The molecule has 0 aromatic heterocycles. The van der Waals surface area contributed by atoms with Crippen molar-refractivity contribution in [2.24, 2.45) is 5.41 Å². The second-order valence-corrected chi connectivity index (χ2v) is 6.56. The van der Waals surface area contributed by atoms with Crippen LogP contribution in [-0.2, 0) is 11.2 Å². The van der Waals surface area contributed by atoms with Crippen molar-refractivity contribution in [1.82, 2.24) is 5.32 Å². The number of benzene rings is 1. The van der Waals surface area contributed by atoms with Crippen LogP contribution in [0.3, 0.4) is 0 Å². The van der Waals surface area contributed by atoms with Gasteiger partial charge in [0, 0.05) is 24.6 Å². The summed E-state index contributed by atoms with van der Waals surface area (Å²) < 4.78 is 19.0. The lowest BCUT2D eigenvalue weighted by molar-refractivity contribution is -0.00742. The van der Waals surface area contributed by atoms with E-state index in [0.717, 1.165) is 44.2 Å². The molecule has 1 aliphatic carbocycles. The smallest absolute Gasteiger partial charge is 0.123 e. The first kappa shape index (κ1) is 14.0. The summed E-state index contributed by atoms with van der Waals surface area (Å²) in [6, 6.07) is 5.89. The van der Waals surface area contributed by atoms with E-state index in [-0.39, 0.29) is 11.2 Å². The first-order valence-electron chi connectivity index (χ1n) is 7.73. The third kappa shape index (κ3) is 3.39. The van der Waals surface area contributed by atoms with Crippen molar-refractivity contribution in [2.45, 2.75) is 45.1 Å². The van der Waals surface area contributed by atoms with Crippen LogP contribution in [0.2, 0.25) is 0 Å². The Hall–Kier alpha value is -0.930. The summed E-state index contributed by atoms with van der Waals surface area (Å²) in [5.41, 5.74) is 2.50. The van der Waals surface area contributed by atoms with Gasteiger partial charge >= 0.3 is 0 Å². The fourth-order valence-corrected chi connectivity index (χ4v) is 3.16. The van der Waals surface area contributed by atoms with E-state index in [2.05, 4.69) is 5.32 Å². The van der Waals surface area contributed by atoms with Crippen LogP contribution in [0.4, 0.5) is 4.39 Å². The van der Waals surface area contributed by atoms with Crippen molar-refractivity contribution >= 4 is 0 Å². The Morgan fingerprint density at radius 2 is 2.25 bits per heavy atom. The largest absolute Gasteiger partial charge is 0.381 e. The van der Waals surface area contributed by atoms with Crippen molar-refractivity contribution in [3.05, 3.63) is 35.1 Å². The molecule has 1 saturated heterocycles. The number of aryl methyl sites for hydroxylation is 1. The number of ether oxygens (including phenoxy) is 1. The van der Waals surface area contributed by atoms with Gasteiger partial charge in [-0.2, -0.15) is 0 Å². The minimum atomic E-state index is -0.142. The van der Waals surface area contributed by atoms with E-state index < -0.39 is 0 Å². The van der Waals surface area contributed by atoms with Gasteiger partial charge in [0.25, 0.3) is 0 Å². The quantitative estimate of drug-likeness (QED) is 0.892. The Kier molecular flexibility index (Phi) is 4.08. The van der Waals surface area contributed by atoms with E-state index in [0.29, 0.717) is 0 Å². The van der Waals surface area contributed by atoms with Gasteiger partial charge in [0.1, 0.15) is 5.82 Å². The third-order valence-corrected chi connectivity index (χ3v) is 4.62. The number of rotatable bonds is 5. The van der Waals surface area contributed by atoms with Crippen LogP contribution in [0.1, 0.15) is 36.8 Å². The highest BCUT2D eigenvalue weighted by atomic mass is 19.1. The standard InChI is InChI=1S/C17H24FNO/c1-13-9-15(18)4-3-14(13)10-17(7-2-8-20-12-17)11-19-16-5-6-16/h3-4,9,16,19H,2,5-8,10-12H2,1H3. The monoisotopic (exact) mass is 277 g/mol. The first-order chi connectivity index (χ1) is 9.67. The Labute approximate surface area is 120 Å². The molecule has 1 aromatic carbocycles. The van der Waals surface area contributed by atoms with Crippen molar-refractivity contribution in [3.63, 3.8) is 0 Å². The topological polar surface area (TPSA) is 21.3 Å². The van der Waals surface area contributed by atoms with E-state index >= 15 is 0 Å². The van der Waals surface area contributed by atoms with E-state index in [9.17, 15) is 4.39 Å². The molecule has 2 aliphatic rings. The van der Waals surface area contributed by atoms with Crippen LogP contribution < -0.4 is 5.32 Å². The summed E-state index contributed by atoms with van der Waals surface area (Å²) in [6.45, 7) is 4.73. The first-order valence-corrected chi connectivity index (χ1v) is 7.73. The summed E-state index contributed by atoms with van der Waals surface area (Å²) in [4.78, 5) is 0. The molecule has 2 fully saturated rings.